The minimum Gasteiger partial charge on any atom is -0.462 e. The van der Waals surface area contributed by atoms with E-state index in [-0.39, 0.29) is 35.3 Å². The molecule has 0 aromatic heterocycles. The summed E-state index contributed by atoms with van der Waals surface area (Å²) in [5.74, 6) is 1.05. The Morgan fingerprint density at radius 3 is 2.46 bits per heavy atom. The average molecular weight is 391 g/mol. The molecule has 0 radical (unpaired) electrons. The SMILES string of the molecule is CC(=O)O[C@H]1C/C=C(\C)[C@H]2CC[C@]3(C)[C@@H](OC(C)=O)CC[C@H]3[C@@H]2CCC(=O)C1. The number of carbonyl (C=O) groups is 3. The van der Waals surface area contributed by atoms with Crippen molar-refractivity contribution in [3.8, 4) is 0 Å². The zero-order chi connectivity index (χ0) is 20.5. The highest BCUT2D eigenvalue weighted by molar-refractivity contribution is 5.79. The molecule has 6 atom stereocenters. The summed E-state index contributed by atoms with van der Waals surface area (Å²) in [6.07, 6.45) is 8.26. The number of rotatable bonds is 2. The summed E-state index contributed by atoms with van der Waals surface area (Å²) >= 11 is 0. The molecule has 3 aliphatic rings. The topological polar surface area (TPSA) is 69.7 Å². The number of fused-ring (bicyclic) bond motifs is 3. The maximum Gasteiger partial charge on any atom is 0.302 e. The largest absolute Gasteiger partial charge is 0.462 e. The third-order valence-electron chi connectivity index (χ3n) is 7.49. The van der Waals surface area contributed by atoms with Crippen LogP contribution in [0.15, 0.2) is 11.6 Å². The highest BCUT2D eigenvalue weighted by Crippen LogP contribution is 2.59. The van der Waals surface area contributed by atoms with Crippen LogP contribution in [0.5, 0.6) is 0 Å². The van der Waals surface area contributed by atoms with Crippen LogP contribution in [-0.4, -0.2) is 29.9 Å². The molecule has 0 unspecified atom stereocenters. The van der Waals surface area contributed by atoms with Crippen LogP contribution in [-0.2, 0) is 23.9 Å². The molecule has 0 bridgehead atoms. The van der Waals surface area contributed by atoms with Crippen molar-refractivity contribution in [2.45, 2.75) is 91.3 Å². The summed E-state index contributed by atoms with van der Waals surface area (Å²) in [7, 11) is 0. The Balaban J connectivity index is 1.82. The van der Waals surface area contributed by atoms with E-state index in [1.54, 1.807) is 0 Å². The Hall–Kier alpha value is -1.65. The van der Waals surface area contributed by atoms with Gasteiger partial charge in [-0.2, -0.15) is 0 Å². The Labute approximate surface area is 168 Å². The van der Waals surface area contributed by atoms with Gasteiger partial charge in [-0.05, 0) is 56.8 Å². The van der Waals surface area contributed by atoms with Gasteiger partial charge in [-0.15, -0.1) is 0 Å². The van der Waals surface area contributed by atoms with Gasteiger partial charge in [-0.1, -0.05) is 18.6 Å². The van der Waals surface area contributed by atoms with E-state index < -0.39 is 0 Å². The van der Waals surface area contributed by atoms with E-state index in [1.807, 2.05) is 0 Å². The van der Waals surface area contributed by atoms with E-state index in [9.17, 15) is 14.4 Å². The molecule has 0 amide bonds. The molecular formula is C23H34O5. The van der Waals surface area contributed by atoms with Gasteiger partial charge < -0.3 is 9.47 Å². The van der Waals surface area contributed by atoms with Crippen LogP contribution < -0.4 is 0 Å². The molecule has 5 heteroatoms. The van der Waals surface area contributed by atoms with Crippen LogP contribution in [0.1, 0.15) is 79.1 Å². The first-order valence-electron chi connectivity index (χ1n) is 10.7. The summed E-state index contributed by atoms with van der Waals surface area (Å²) in [4.78, 5) is 35.5. The number of esters is 2. The third-order valence-corrected chi connectivity index (χ3v) is 7.49. The fourth-order valence-corrected chi connectivity index (χ4v) is 6.16. The first-order chi connectivity index (χ1) is 13.2. The predicted molar refractivity (Wildman–Crippen MR) is 105 cm³/mol. The quantitative estimate of drug-likeness (QED) is 0.517. The number of hydrogen-bond donors (Lipinski definition) is 0. The monoisotopic (exact) mass is 390 g/mol. The van der Waals surface area contributed by atoms with E-state index in [0.29, 0.717) is 37.0 Å². The van der Waals surface area contributed by atoms with Crippen molar-refractivity contribution in [1.29, 1.82) is 0 Å². The predicted octanol–water partition coefficient (Wildman–Crippen LogP) is 4.38. The molecule has 0 aliphatic heterocycles. The fraction of sp³-hybridized carbons (Fsp3) is 0.783. The van der Waals surface area contributed by atoms with Gasteiger partial charge in [0.1, 0.15) is 18.0 Å². The average Bonchev–Trinajstić information content (AvgIpc) is 2.92. The molecule has 2 fully saturated rings. The summed E-state index contributed by atoms with van der Waals surface area (Å²) in [6.45, 7) is 7.37. The number of ether oxygens (including phenoxy) is 2. The molecule has 5 nitrogen and oxygen atoms in total. The zero-order valence-corrected chi connectivity index (χ0v) is 17.7. The van der Waals surface area contributed by atoms with Crippen molar-refractivity contribution in [3.63, 3.8) is 0 Å². The van der Waals surface area contributed by atoms with Crippen LogP contribution in [0.25, 0.3) is 0 Å². The van der Waals surface area contributed by atoms with Crippen molar-refractivity contribution >= 4 is 17.7 Å². The molecule has 28 heavy (non-hydrogen) atoms. The van der Waals surface area contributed by atoms with Crippen LogP contribution in [0.2, 0.25) is 0 Å². The first-order valence-corrected chi connectivity index (χ1v) is 10.7. The normalized spacial score (nSPS) is 40.5. The van der Waals surface area contributed by atoms with Crippen LogP contribution in [0.4, 0.5) is 0 Å². The number of ketones is 1. The maximum absolute atomic E-state index is 12.5. The van der Waals surface area contributed by atoms with Gasteiger partial charge in [-0.3, -0.25) is 14.4 Å². The lowest BCUT2D eigenvalue weighted by atomic mass is 9.57. The van der Waals surface area contributed by atoms with E-state index in [1.165, 1.54) is 19.4 Å². The van der Waals surface area contributed by atoms with Gasteiger partial charge in [0.2, 0.25) is 0 Å². The lowest BCUT2D eigenvalue weighted by Gasteiger charge is -2.49. The third kappa shape index (κ3) is 4.33. The smallest absolute Gasteiger partial charge is 0.302 e. The van der Waals surface area contributed by atoms with Crippen molar-refractivity contribution < 1.29 is 23.9 Å². The second-order valence-corrected chi connectivity index (χ2v) is 9.29. The van der Waals surface area contributed by atoms with Crippen molar-refractivity contribution in [3.05, 3.63) is 11.6 Å². The molecule has 2 saturated carbocycles. The van der Waals surface area contributed by atoms with Crippen LogP contribution >= 0.6 is 0 Å². The fourth-order valence-electron chi connectivity index (χ4n) is 6.16. The van der Waals surface area contributed by atoms with Crippen molar-refractivity contribution in [2.75, 3.05) is 0 Å². The van der Waals surface area contributed by atoms with E-state index in [2.05, 4.69) is 19.9 Å². The van der Waals surface area contributed by atoms with E-state index in [4.69, 9.17) is 9.47 Å². The van der Waals surface area contributed by atoms with Gasteiger partial charge in [0.05, 0.1) is 0 Å². The number of allylic oxidation sites excluding steroid dienone is 1. The summed E-state index contributed by atoms with van der Waals surface area (Å²) in [5.41, 5.74) is 1.37. The minimum absolute atomic E-state index is 0.000287. The Kier molecular flexibility index (Phi) is 6.31. The molecule has 0 aromatic rings. The number of Topliss-reactive ketones (excluding diaryl/α,β-unsaturated/α-hetero) is 1. The second-order valence-electron chi connectivity index (χ2n) is 9.29. The van der Waals surface area contributed by atoms with Crippen molar-refractivity contribution in [2.24, 2.45) is 23.2 Å². The van der Waals surface area contributed by atoms with Crippen molar-refractivity contribution in [1.82, 2.24) is 0 Å². The molecule has 0 saturated heterocycles. The van der Waals surface area contributed by atoms with Crippen LogP contribution in [0, 0.1) is 23.2 Å². The van der Waals surface area contributed by atoms with Gasteiger partial charge in [0.25, 0.3) is 0 Å². The standard InChI is InChI=1S/C23H34O5/c1-14-5-7-18(27-15(2)24)13-17(26)6-8-20-19(14)11-12-23(4)21(20)9-10-22(23)28-16(3)25/h5,18-22H,6-13H2,1-4H3/b14-5+/t18-,19+,20+,21-,22-,23-/m0/s1. The second kappa shape index (κ2) is 8.38. The molecular weight excluding hydrogens is 356 g/mol. The summed E-state index contributed by atoms with van der Waals surface area (Å²) < 4.78 is 11.1. The van der Waals surface area contributed by atoms with E-state index in [0.717, 1.165) is 32.1 Å². The maximum atomic E-state index is 12.5. The summed E-state index contributed by atoms with van der Waals surface area (Å²) in [6, 6.07) is 0. The highest BCUT2D eigenvalue weighted by Gasteiger charge is 2.55. The van der Waals surface area contributed by atoms with Gasteiger partial charge in [0, 0.05) is 38.5 Å². The Bertz CT molecular complexity index is 666. The lowest BCUT2D eigenvalue weighted by molar-refractivity contribution is -0.155. The number of carbonyl (C=O) groups excluding carboxylic acids is 3. The molecule has 3 rings (SSSR count). The van der Waals surface area contributed by atoms with E-state index >= 15 is 0 Å². The minimum atomic E-state index is -0.342. The molecule has 0 N–H and O–H groups in total. The molecule has 0 heterocycles. The van der Waals surface area contributed by atoms with Gasteiger partial charge in [0.15, 0.2) is 0 Å². The number of hydrogen-bond acceptors (Lipinski definition) is 5. The van der Waals surface area contributed by atoms with Gasteiger partial charge in [-0.25, -0.2) is 0 Å². The molecule has 156 valence electrons. The molecule has 3 aliphatic carbocycles. The van der Waals surface area contributed by atoms with Crippen LogP contribution in [0.3, 0.4) is 0 Å². The lowest BCUT2D eigenvalue weighted by Crippen LogP contribution is -2.45. The summed E-state index contributed by atoms with van der Waals surface area (Å²) in [5, 5.41) is 0. The van der Waals surface area contributed by atoms with Gasteiger partial charge >= 0.3 is 11.9 Å². The Morgan fingerprint density at radius 2 is 1.79 bits per heavy atom. The highest BCUT2D eigenvalue weighted by atomic mass is 16.5. The Morgan fingerprint density at radius 1 is 1.07 bits per heavy atom. The molecule has 0 aromatic carbocycles. The first kappa shape index (κ1) is 21.1. The zero-order valence-electron chi connectivity index (χ0n) is 17.7. The molecule has 0 spiro atoms.